The number of aryl methyl sites for hydroxylation is 1. The molecule has 0 atom stereocenters. The lowest BCUT2D eigenvalue weighted by Gasteiger charge is -2.06. The van der Waals surface area contributed by atoms with Crippen LogP contribution >= 0.6 is 11.6 Å². The smallest absolute Gasteiger partial charge is 0.175 e. The van der Waals surface area contributed by atoms with Crippen LogP contribution in [0.25, 0.3) is 11.1 Å². The summed E-state index contributed by atoms with van der Waals surface area (Å²) in [6.45, 7) is 4.35. The highest BCUT2D eigenvalue weighted by atomic mass is 35.5. The van der Waals surface area contributed by atoms with E-state index in [-0.39, 0.29) is 0 Å². The van der Waals surface area contributed by atoms with Crippen LogP contribution in [0.15, 0.2) is 28.8 Å². The molecule has 96 valence electrons. The van der Waals surface area contributed by atoms with Crippen molar-refractivity contribution in [1.82, 2.24) is 5.16 Å². The predicted molar refractivity (Wildman–Crippen MR) is 74.5 cm³/mol. The Morgan fingerprint density at radius 1 is 1.33 bits per heavy atom. The lowest BCUT2D eigenvalue weighted by atomic mass is 10.0. The summed E-state index contributed by atoms with van der Waals surface area (Å²) in [5.41, 5.74) is 7.61. The maximum Gasteiger partial charge on any atom is 0.175 e. The number of hydrogen-bond donors (Lipinski definition) is 1. The number of aromatic nitrogens is 1. The highest BCUT2D eigenvalue weighted by Crippen LogP contribution is 2.35. The van der Waals surface area contributed by atoms with E-state index in [0.29, 0.717) is 16.8 Å². The van der Waals surface area contributed by atoms with E-state index in [0.717, 1.165) is 29.7 Å². The first-order valence-corrected chi connectivity index (χ1v) is 6.46. The Balaban J connectivity index is 2.38. The van der Waals surface area contributed by atoms with Crippen molar-refractivity contribution in [3.05, 3.63) is 35.0 Å². The number of anilines is 1. The van der Waals surface area contributed by atoms with Crippen molar-refractivity contribution in [3.63, 3.8) is 0 Å². The molecule has 0 aliphatic heterocycles. The van der Waals surface area contributed by atoms with E-state index in [1.807, 2.05) is 24.3 Å². The summed E-state index contributed by atoms with van der Waals surface area (Å²) >= 11 is 6.20. The normalized spacial score (nSPS) is 11.1. The van der Waals surface area contributed by atoms with Gasteiger partial charge in [-0.3, -0.25) is 0 Å². The van der Waals surface area contributed by atoms with Crippen molar-refractivity contribution in [2.75, 3.05) is 5.73 Å². The molecule has 2 N–H and O–H groups in total. The largest absolute Gasteiger partial charge is 0.380 e. The van der Waals surface area contributed by atoms with Crippen LogP contribution in [0.5, 0.6) is 0 Å². The van der Waals surface area contributed by atoms with Gasteiger partial charge in [-0.25, -0.2) is 0 Å². The molecule has 0 aliphatic rings. The molecule has 0 saturated carbocycles. The van der Waals surface area contributed by atoms with Gasteiger partial charge < -0.3 is 10.3 Å². The fraction of sp³-hybridized carbons (Fsp3) is 0.357. The van der Waals surface area contributed by atoms with Gasteiger partial charge >= 0.3 is 0 Å². The number of halogens is 1. The van der Waals surface area contributed by atoms with E-state index >= 15 is 0 Å². The van der Waals surface area contributed by atoms with Crippen molar-refractivity contribution in [2.45, 2.75) is 26.7 Å². The molecule has 4 heteroatoms. The van der Waals surface area contributed by atoms with Crippen LogP contribution in [-0.2, 0) is 6.42 Å². The summed E-state index contributed by atoms with van der Waals surface area (Å²) < 4.78 is 5.32. The second kappa shape index (κ2) is 5.44. The maximum atomic E-state index is 6.20. The number of rotatable bonds is 4. The zero-order chi connectivity index (χ0) is 13.1. The van der Waals surface area contributed by atoms with Gasteiger partial charge in [0.1, 0.15) is 5.76 Å². The average molecular weight is 265 g/mol. The zero-order valence-corrected chi connectivity index (χ0v) is 11.4. The minimum atomic E-state index is 0.404. The maximum absolute atomic E-state index is 6.20. The molecule has 0 aliphatic carbocycles. The molecule has 3 nitrogen and oxygen atoms in total. The first-order chi connectivity index (χ1) is 8.59. The fourth-order valence-electron chi connectivity index (χ4n) is 1.88. The van der Waals surface area contributed by atoms with E-state index in [1.165, 1.54) is 0 Å². The van der Waals surface area contributed by atoms with Gasteiger partial charge in [0.05, 0.1) is 5.56 Å². The lowest BCUT2D eigenvalue weighted by Crippen LogP contribution is -1.94. The third-order valence-electron chi connectivity index (χ3n) is 2.88. The van der Waals surface area contributed by atoms with Gasteiger partial charge in [-0.2, -0.15) is 0 Å². The molecule has 0 saturated heterocycles. The fourth-order valence-corrected chi connectivity index (χ4v) is 2.11. The SMILES string of the molecule is CC(C)CCc1onc(N)c1-c1ccccc1Cl. The Hall–Kier alpha value is -1.48. The van der Waals surface area contributed by atoms with Crippen LogP contribution in [0.1, 0.15) is 26.0 Å². The second-order valence-electron chi connectivity index (χ2n) is 4.78. The topological polar surface area (TPSA) is 52.0 Å². The standard InChI is InChI=1S/C14H17ClN2O/c1-9(2)7-8-12-13(14(16)17-18-12)10-5-3-4-6-11(10)15/h3-6,9H,7-8H2,1-2H3,(H2,16,17). The summed E-state index contributed by atoms with van der Waals surface area (Å²) in [7, 11) is 0. The number of nitrogens with two attached hydrogens (primary N) is 1. The summed E-state index contributed by atoms with van der Waals surface area (Å²) in [6, 6.07) is 7.60. The van der Waals surface area contributed by atoms with Crippen LogP contribution in [-0.4, -0.2) is 5.16 Å². The van der Waals surface area contributed by atoms with E-state index in [9.17, 15) is 0 Å². The molecule has 0 fully saturated rings. The molecule has 18 heavy (non-hydrogen) atoms. The molecule has 0 spiro atoms. The molecule has 0 unspecified atom stereocenters. The van der Waals surface area contributed by atoms with Gasteiger partial charge in [-0.15, -0.1) is 0 Å². The number of nitrogen functional groups attached to an aromatic ring is 1. The van der Waals surface area contributed by atoms with Crippen LogP contribution in [0.4, 0.5) is 5.82 Å². The third kappa shape index (κ3) is 2.67. The molecular formula is C14H17ClN2O. The highest BCUT2D eigenvalue weighted by molar-refractivity contribution is 6.33. The molecule has 2 aromatic rings. The van der Waals surface area contributed by atoms with E-state index < -0.39 is 0 Å². The summed E-state index contributed by atoms with van der Waals surface area (Å²) in [4.78, 5) is 0. The van der Waals surface area contributed by atoms with Crippen molar-refractivity contribution in [2.24, 2.45) is 5.92 Å². The number of nitrogens with zero attached hydrogens (tertiary/aromatic N) is 1. The van der Waals surface area contributed by atoms with Crippen molar-refractivity contribution < 1.29 is 4.52 Å². The van der Waals surface area contributed by atoms with Crippen molar-refractivity contribution >= 4 is 17.4 Å². The molecular weight excluding hydrogens is 248 g/mol. The van der Waals surface area contributed by atoms with Gasteiger partial charge in [0.2, 0.25) is 0 Å². The first-order valence-electron chi connectivity index (χ1n) is 6.08. The van der Waals surface area contributed by atoms with Crippen LogP contribution in [0.3, 0.4) is 0 Å². The van der Waals surface area contributed by atoms with Gasteiger partial charge in [0.15, 0.2) is 5.82 Å². The lowest BCUT2D eigenvalue weighted by molar-refractivity contribution is 0.376. The molecule has 2 rings (SSSR count). The average Bonchev–Trinajstić information content (AvgIpc) is 2.69. The van der Waals surface area contributed by atoms with Crippen molar-refractivity contribution in [1.29, 1.82) is 0 Å². The second-order valence-corrected chi connectivity index (χ2v) is 5.19. The Kier molecular flexibility index (Phi) is 3.92. The molecule has 1 aromatic carbocycles. The molecule has 1 aromatic heterocycles. The first kappa shape index (κ1) is 13.0. The zero-order valence-electron chi connectivity index (χ0n) is 10.6. The molecule has 0 bridgehead atoms. The summed E-state index contributed by atoms with van der Waals surface area (Å²) in [5.74, 6) is 1.83. The molecule has 1 heterocycles. The quantitative estimate of drug-likeness (QED) is 0.902. The van der Waals surface area contributed by atoms with Gasteiger partial charge in [-0.05, 0) is 18.4 Å². The van der Waals surface area contributed by atoms with Crippen molar-refractivity contribution in [3.8, 4) is 11.1 Å². The Labute approximate surface area is 112 Å². The van der Waals surface area contributed by atoms with E-state index in [4.69, 9.17) is 21.9 Å². The number of benzene rings is 1. The molecule has 0 radical (unpaired) electrons. The van der Waals surface area contributed by atoms with E-state index in [2.05, 4.69) is 19.0 Å². The highest BCUT2D eigenvalue weighted by Gasteiger charge is 2.17. The molecule has 0 amide bonds. The minimum absolute atomic E-state index is 0.404. The number of hydrogen-bond acceptors (Lipinski definition) is 3. The van der Waals surface area contributed by atoms with Crippen LogP contribution < -0.4 is 5.73 Å². The Bertz CT molecular complexity index is 534. The summed E-state index contributed by atoms with van der Waals surface area (Å²) in [6.07, 6.45) is 1.86. The van der Waals surface area contributed by atoms with Crippen LogP contribution in [0.2, 0.25) is 5.02 Å². The van der Waals surface area contributed by atoms with Gasteiger partial charge in [0.25, 0.3) is 0 Å². The predicted octanol–water partition coefficient (Wildman–Crippen LogP) is 4.17. The monoisotopic (exact) mass is 264 g/mol. The summed E-state index contributed by atoms with van der Waals surface area (Å²) in [5, 5.41) is 4.52. The van der Waals surface area contributed by atoms with E-state index in [1.54, 1.807) is 0 Å². The van der Waals surface area contributed by atoms with Gasteiger partial charge in [0, 0.05) is 17.0 Å². The van der Waals surface area contributed by atoms with Crippen LogP contribution in [0, 0.1) is 5.92 Å². The Morgan fingerprint density at radius 3 is 2.72 bits per heavy atom. The minimum Gasteiger partial charge on any atom is -0.380 e. The Morgan fingerprint density at radius 2 is 2.06 bits per heavy atom. The van der Waals surface area contributed by atoms with Gasteiger partial charge in [-0.1, -0.05) is 48.8 Å². The third-order valence-corrected chi connectivity index (χ3v) is 3.21.